The Kier molecular flexibility index (Phi) is 7.47. The van der Waals surface area contributed by atoms with Crippen molar-refractivity contribution in [1.29, 1.82) is 0 Å². The zero-order valence-corrected chi connectivity index (χ0v) is 31.5. The summed E-state index contributed by atoms with van der Waals surface area (Å²) in [6, 6.07) is 60.1. The summed E-state index contributed by atoms with van der Waals surface area (Å²) in [5.41, 5.74) is 15.6. The van der Waals surface area contributed by atoms with Crippen LogP contribution in [0.2, 0.25) is 0 Å². The third kappa shape index (κ3) is 5.01. The summed E-state index contributed by atoms with van der Waals surface area (Å²) in [5, 5.41) is 0. The molecular formula is C51H40N4. The van der Waals surface area contributed by atoms with Crippen molar-refractivity contribution in [3.63, 3.8) is 0 Å². The molecule has 7 aromatic carbocycles. The van der Waals surface area contributed by atoms with E-state index in [0.717, 1.165) is 28.1 Å². The first-order valence-electron chi connectivity index (χ1n) is 19.1. The maximum atomic E-state index is 5.45. The first kappa shape index (κ1) is 33.0. The zero-order valence-electron chi connectivity index (χ0n) is 31.5. The molecule has 55 heavy (non-hydrogen) atoms. The van der Waals surface area contributed by atoms with Gasteiger partial charge in [-0.3, -0.25) is 0 Å². The molecule has 0 N–H and O–H groups in total. The van der Waals surface area contributed by atoms with Crippen molar-refractivity contribution in [3.8, 4) is 56.4 Å². The molecule has 1 heterocycles. The normalized spacial score (nSPS) is 14.1. The predicted octanol–water partition coefficient (Wildman–Crippen LogP) is 13.0. The molecule has 0 amide bonds. The number of anilines is 3. The highest BCUT2D eigenvalue weighted by atomic mass is 15.2. The average Bonchev–Trinajstić information content (AvgIpc) is 3.62. The van der Waals surface area contributed by atoms with Crippen molar-refractivity contribution in [2.45, 2.75) is 38.5 Å². The Labute approximate surface area is 322 Å². The van der Waals surface area contributed by atoms with E-state index in [9.17, 15) is 0 Å². The number of fused-ring (bicyclic) bond motifs is 6. The Balaban J connectivity index is 1.43. The molecule has 2 aliphatic carbocycles. The third-order valence-electron chi connectivity index (χ3n) is 11.6. The minimum absolute atomic E-state index is 0.366. The van der Waals surface area contributed by atoms with Crippen molar-refractivity contribution in [2.24, 2.45) is 0 Å². The molecule has 8 aromatic rings. The fraction of sp³-hybridized carbons (Fsp3) is 0.118. The van der Waals surface area contributed by atoms with Gasteiger partial charge in [-0.2, -0.15) is 0 Å². The second-order valence-corrected chi connectivity index (χ2v) is 15.6. The van der Waals surface area contributed by atoms with Gasteiger partial charge in [0.05, 0.1) is 5.69 Å². The van der Waals surface area contributed by atoms with E-state index in [2.05, 4.69) is 166 Å². The van der Waals surface area contributed by atoms with Gasteiger partial charge >= 0.3 is 0 Å². The summed E-state index contributed by atoms with van der Waals surface area (Å²) < 4.78 is 0. The van der Waals surface area contributed by atoms with E-state index in [-0.39, 0.29) is 10.8 Å². The molecule has 0 fully saturated rings. The Bertz CT molecular complexity index is 2560. The number of benzene rings is 7. The van der Waals surface area contributed by atoms with Gasteiger partial charge in [-0.15, -0.1) is 0 Å². The smallest absolute Gasteiger partial charge is 0.165 e. The highest BCUT2D eigenvalue weighted by Gasteiger charge is 2.49. The van der Waals surface area contributed by atoms with E-state index >= 15 is 0 Å². The quantitative estimate of drug-likeness (QED) is 0.172. The second-order valence-electron chi connectivity index (χ2n) is 15.6. The van der Waals surface area contributed by atoms with Crippen molar-refractivity contribution in [2.75, 3.05) is 4.90 Å². The van der Waals surface area contributed by atoms with Crippen LogP contribution >= 0.6 is 0 Å². The van der Waals surface area contributed by atoms with E-state index in [0.29, 0.717) is 17.5 Å². The van der Waals surface area contributed by atoms with E-state index in [1.807, 2.05) is 36.4 Å². The minimum Gasteiger partial charge on any atom is -0.310 e. The van der Waals surface area contributed by atoms with Gasteiger partial charge in [-0.1, -0.05) is 173 Å². The molecule has 4 heteroatoms. The van der Waals surface area contributed by atoms with Crippen LogP contribution in [-0.2, 0) is 10.8 Å². The Morgan fingerprint density at radius 2 is 0.709 bits per heavy atom. The van der Waals surface area contributed by atoms with Crippen LogP contribution in [0.5, 0.6) is 0 Å². The lowest BCUT2D eigenvalue weighted by Crippen LogP contribution is -2.26. The van der Waals surface area contributed by atoms with Gasteiger partial charge in [0.15, 0.2) is 17.5 Å². The van der Waals surface area contributed by atoms with Crippen LogP contribution in [0.3, 0.4) is 0 Å². The van der Waals surface area contributed by atoms with Gasteiger partial charge < -0.3 is 4.90 Å². The standard InChI is InChI=1S/C51H40N4/c1-50(2)39-31-19-17-29-37(39)41-43(49-53-47(33-21-9-5-10-22-33)52-48(54-49)34-23-11-6-12-24-34)42-38-30-18-20-32-40(38)51(3,4)45(42)46(44(41)50)55(35-25-13-7-14-26-35)36-27-15-8-16-28-36/h5-32H,1-4H3. The summed E-state index contributed by atoms with van der Waals surface area (Å²) in [5.74, 6) is 1.99. The lowest BCUT2D eigenvalue weighted by atomic mass is 9.74. The molecule has 1 aromatic heterocycles. The van der Waals surface area contributed by atoms with E-state index in [1.54, 1.807) is 0 Å². The highest BCUT2D eigenvalue weighted by molar-refractivity contribution is 6.09. The van der Waals surface area contributed by atoms with E-state index in [4.69, 9.17) is 15.0 Å². The topological polar surface area (TPSA) is 41.9 Å². The maximum absolute atomic E-state index is 5.45. The largest absolute Gasteiger partial charge is 0.310 e. The van der Waals surface area contributed by atoms with Gasteiger partial charge in [0.2, 0.25) is 0 Å². The van der Waals surface area contributed by atoms with E-state index in [1.165, 1.54) is 50.2 Å². The molecule has 0 bridgehead atoms. The first-order chi connectivity index (χ1) is 26.8. The van der Waals surface area contributed by atoms with Crippen LogP contribution in [0.15, 0.2) is 170 Å². The minimum atomic E-state index is -0.366. The lowest BCUT2D eigenvalue weighted by Gasteiger charge is -2.37. The van der Waals surface area contributed by atoms with Crippen LogP contribution in [0.4, 0.5) is 17.1 Å². The summed E-state index contributed by atoms with van der Waals surface area (Å²) in [6.45, 7) is 9.55. The second kappa shape index (κ2) is 12.5. The molecular weight excluding hydrogens is 669 g/mol. The number of hydrogen-bond acceptors (Lipinski definition) is 4. The summed E-state index contributed by atoms with van der Waals surface area (Å²) in [4.78, 5) is 18.5. The van der Waals surface area contributed by atoms with Gasteiger partial charge in [0.25, 0.3) is 0 Å². The molecule has 10 rings (SSSR count). The van der Waals surface area contributed by atoms with Crippen LogP contribution < -0.4 is 4.90 Å². The van der Waals surface area contributed by atoms with Crippen LogP contribution in [-0.4, -0.2) is 15.0 Å². The number of nitrogens with zero attached hydrogens (tertiary/aromatic N) is 4. The lowest BCUT2D eigenvalue weighted by molar-refractivity contribution is 0.640. The van der Waals surface area contributed by atoms with Gasteiger partial charge in [-0.05, 0) is 68.8 Å². The summed E-state index contributed by atoms with van der Waals surface area (Å²) >= 11 is 0. The monoisotopic (exact) mass is 708 g/mol. The molecule has 0 atom stereocenters. The maximum Gasteiger partial charge on any atom is 0.165 e. The fourth-order valence-electron chi connectivity index (χ4n) is 9.18. The Morgan fingerprint density at radius 3 is 1.13 bits per heavy atom. The van der Waals surface area contributed by atoms with Crippen molar-refractivity contribution in [3.05, 3.63) is 192 Å². The van der Waals surface area contributed by atoms with Gasteiger partial charge in [0.1, 0.15) is 0 Å². The Morgan fingerprint density at radius 1 is 0.364 bits per heavy atom. The molecule has 264 valence electrons. The number of rotatable bonds is 6. The molecule has 0 saturated heterocycles. The molecule has 0 radical (unpaired) electrons. The molecule has 0 aliphatic heterocycles. The van der Waals surface area contributed by atoms with Crippen molar-refractivity contribution >= 4 is 17.1 Å². The summed E-state index contributed by atoms with van der Waals surface area (Å²) in [6.07, 6.45) is 0. The van der Waals surface area contributed by atoms with Crippen LogP contribution in [0.25, 0.3) is 56.4 Å². The zero-order chi connectivity index (χ0) is 37.3. The molecule has 0 unspecified atom stereocenters. The average molecular weight is 709 g/mol. The summed E-state index contributed by atoms with van der Waals surface area (Å²) in [7, 11) is 0. The van der Waals surface area contributed by atoms with Crippen LogP contribution in [0, 0.1) is 0 Å². The van der Waals surface area contributed by atoms with Gasteiger partial charge in [-0.25, -0.2) is 15.0 Å². The molecule has 0 saturated carbocycles. The van der Waals surface area contributed by atoms with Crippen molar-refractivity contribution in [1.82, 2.24) is 15.0 Å². The van der Waals surface area contributed by atoms with Gasteiger partial charge in [0, 0.05) is 38.9 Å². The molecule has 2 aliphatic rings. The van der Waals surface area contributed by atoms with Crippen LogP contribution in [0.1, 0.15) is 49.9 Å². The number of aromatic nitrogens is 3. The molecule has 0 spiro atoms. The van der Waals surface area contributed by atoms with E-state index < -0.39 is 0 Å². The SMILES string of the molecule is CC1(C)c2ccccc2-c2c(-c3nc(-c4ccccc4)nc(-c4ccccc4)n3)c3c(c(N(c4ccccc4)c4ccccc4)c21)C(C)(C)c1ccccc1-3. The Hall–Kier alpha value is -6.65. The number of para-hydroxylation sites is 2. The highest BCUT2D eigenvalue weighted by Crippen LogP contribution is 2.65. The third-order valence-corrected chi connectivity index (χ3v) is 11.6. The predicted molar refractivity (Wildman–Crippen MR) is 226 cm³/mol. The molecule has 4 nitrogen and oxygen atoms in total. The van der Waals surface area contributed by atoms with Crippen molar-refractivity contribution < 1.29 is 0 Å². The number of hydrogen-bond donors (Lipinski definition) is 0. The fourth-order valence-corrected chi connectivity index (χ4v) is 9.18. The first-order valence-corrected chi connectivity index (χ1v) is 19.1.